The van der Waals surface area contributed by atoms with Crippen LogP contribution in [0.15, 0.2) is 42.6 Å². The van der Waals surface area contributed by atoms with Crippen molar-refractivity contribution in [1.82, 2.24) is 10.3 Å². The highest BCUT2D eigenvalue weighted by Crippen LogP contribution is 2.11. The van der Waals surface area contributed by atoms with Crippen molar-refractivity contribution in [2.75, 3.05) is 32.7 Å². The molecular formula is C17H21N3O3. The molecule has 0 aliphatic carbocycles. The number of benzene rings is 1. The van der Waals surface area contributed by atoms with E-state index < -0.39 is 0 Å². The second-order valence-corrected chi connectivity index (χ2v) is 4.88. The fourth-order valence-electron chi connectivity index (χ4n) is 1.95. The molecule has 1 heterocycles. The van der Waals surface area contributed by atoms with Crippen LogP contribution in [0.3, 0.4) is 0 Å². The summed E-state index contributed by atoms with van der Waals surface area (Å²) in [5.41, 5.74) is 2.24. The number of aromatic nitrogens is 1. The Morgan fingerprint density at radius 3 is 2.52 bits per heavy atom. The van der Waals surface area contributed by atoms with Gasteiger partial charge in [-0.05, 0) is 29.8 Å². The van der Waals surface area contributed by atoms with E-state index in [0.717, 1.165) is 17.0 Å². The van der Waals surface area contributed by atoms with Crippen molar-refractivity contribution in [3.05, 3.63) is 53.9 Å². The number of hydrogen-bond donors (Lipinski definition) is 2. The number of ether oxygens (including phenoxy) is 2. The van der Waals surface area contributed by atoms with Crippen LogP contribution in [0.25, 0.3) is 0 Å². The Morgan fingerprint density at radius 1 is 1.13 bits per heavy atom. The molecule has 122 valence electrons. The third-order valence-corrected chi connectivity index (χ3v) is 3.24. The zero-order valence-electron chi connectivity index (χ0n) is 13.3. The van der Waals surface area contributed by atoms with Crippen LogP contribution in [0.5, 0.6) is 5.75 Å². The van der Waals surface area contributed by atoms with Gasteiger partial charge in [0.15, 0.2) is 0 Å². The Labute approximate surface area is 135 Å². The highest BCUT2D eigenvalue weighted by atomic mass is 16.5. The molecule has 23 heavy (non-hydrogen) atoms. The van der Waals surface area contributed by atoms with Gasteiger partial charge >= 0.3 is 0 Å². The van der Waals surface area contributed by atoms with Crippen LogP contribution in [0.2, 0.25) is 0 Å². The minimum Gasteiger partial charge on any atom is -0.497 e. The summed E-state index contributed by atoms with van der Waals surface area (Å²) in [5, 5.41) is 5.99. The van der Waals surface area contributed by atoms with Gasteiger partial charge in [-0.3, -0.25) is 4.79 Å². The van der Waals surface area contributed by atoms with Gasteiger partial charge in [-0.15, -0.1) is 0 Å². The number of amides is 1. The first-order chi connectivity index (χ1) is 11.2. The number of carbonyl (C=O) groups excluding carboxylic acids is 1. The number of anilines is 1. The van der Waals surface area contributed by atoms with Crippen LogP contribution in [-0.4, -0.2) is 38.3 Å². The molecule has 2 N–H and O–H groups in total. The Hall–Kier alpha value is -2.60. The molecule has 0 aliphatic heterocycles. The summed E-state index contributed by atoms with van der Waals surface area (Å²) in [5.74, 6) is 0.586. The summed E-state index contributed by atoms with van der Waals surface area (Å²) in [4.78, 5) is 16.2. The van der Waals surface area contributed by atoms with Crippen LogP contribution in [-0.2, 0) is 11.3 Å². The molecule has 2 aromatic rings. The molecule has 0 aliphatic rings. The van der Waals surface area contributed by atoms with E-state index in [2.05, 4.69) is 15.6 Å². The van der Waals surface area contributed by atoms with E-state index in [9.17, 15) is 4.79 Å². The number of methoxy groups -OCH3 is 2. The van der Waals surface area contributed by atoms with Gasteiger partial charge in [0.05, 0.1) is 25.6 Å². The van der Waals surface area contributed by atoms with Crippen molar-refractivity contribution in [3.8, 4) is 5.75 Å². The van der Waals surface area contributed by atoms with Crippen molar-refractivity contribution in [2.24, 2.45) is 0 Å². The molecule has 0 atom stereocenters. The Morgan fingerprint density at radius 2 is 1.91 bits per heavy atom. The number of hydrogen-bond acceptors (Lipinski definition) is 5. The highest BCUT2D eigenvalue weighted by molar-refractivity contribution is 5.92. The summed E-state index contributed by atoms with van der Waals surface area (Å²) in [6.07, 6.45) is 1.64. The smallest absolute Gasteiger partial charge is 0.270 e. The zero-order valence-corrected chi connectivity index (χ0v) is 13.3. The summed E-state index contributed by atoms with van der Waals surface area (Å²) < 4.78 is 10.1. The van der Waals surface area contributed by atoms with E-state index in [0.29, 0.717) is 25.4 Å². The van der Waals surface area contributed by atoms with Gasteiger partial charge in [0.1, 0.15) is 11.4 Å². The fraction of sp³-hybridized carbons (Fsp3) is 0.294. The van der Waals surface area contributed by atoms with Gasteiger partial charge in [0.2, 0.25) is 0 Å². The van der Waals surface area contributed by atoms with Crippen LogP contribution >= 0.6 is 0 Å². The fourth-order valence-corrected chi connectivity index (χ4v) is 1.95. The van der Waals surface area contributed by atoms with E-state index in [1.807, 2.05) is 30.3 Å². The summed E-state index contributed by atoms with van der Waals surface area (Å²) in [7, 11) is 3.27. The Kier molecular flexibility index (Phi) is 6.38. The van der Waals surface area contributed by atoms with Crippen molar-refractivity contribution in [3.63, 3.8) is 0 Å². The van der Waals surface area contributed by atoms with Crippen molar-refractivity contribution in [1.29, 1.82) is 0 Å². The third-order valence-electron chi connectivity index (χ3n) is 3.24. The number of nitrogens with zero attached hydrogens (tertiary/aromatic N) is 1. The third kappa shape index (κ3) is 5.27. The van der Waals surface area contributed by atoms with Gasteiger partial charge in [0, 0.05) is 20.2 Å². The lowest BCUT2D eigenvalue weighted by Gasteiger charge is -2.08. The summed E-state index contributed by atoms with van der Waals surface area (Å²) in [6, 6.07) is 11.1. The molecule has 6 heteroatoms. The van der Waals surface area contributed by atoms with Crippen molar-refractivity contribution < 1.29 is 14.3 Å². The molecule has 0 fully saturated rings. The molecule has 0 bridgehead atoms. The minimum atomic E-state index is -0.204. The number of pyridine rings is 1. The molecular weight excluding hydrogens is 294 g/mol. The molecule has 0 saturated carbocycles. The topological polar surface area (TPSA) is 72.5 Å². The predicted octanol–water partition coefficient (Wildman–Crippen LogP) is 2.08. The second kappa shape index (κ2) is 8.75. The lowest BCUT2D eigenvalue weighted by Crippen LogP contribution is -2.23. The monoisotopic (exact) mass is 315 g/mol. The van der Waals surface area contributed by atoms with E-state index in [1.165, 1.54) is 0 Å². The second-order valence-electron chi connectivity index (χ2n) is 4.88. The minimum absolute atomic E-state index is 0.204. The summed E-state index contributed by atoms with van der Waals surface area (Å²) >= 11 is 0. The van der Waals surface area contributed by atoms with E-state index in [1.54, 1.807) is 26.5 Å². The van der Waals surface area contributed by atoms with E-state index in [4.69, 9.17) is 9.47 Å². The molecule has 1 amide bonds. The van der Waals surface area contributed by atoms with Crippen LogP contribution in [0, 0.1) is 0 Å². The molecule has 0 spiro atoms. The first-order valence-electron chi connectivity index (χ1n) is 7.33. The standard InChI is InChI=1S/C17H21N3O3/c1-22-10-9-18-14-5-8-16(19-12-14)17(21)20-11-13-3-6-15(23-2)7-4-13/h3-8,12,18H,9-11H2,1-2H3,(H,20,21). The van der Waals surface area contributed by atoms with Gasteiger partial charge in [0.25, 0.3) is 5.91 Å². The maximum Gasteiger partial charge on any atom is 0.270 e. The highest BCUT2D eigenvalue weighted by Gasteiger charge is 2.07. The van der Waals surface area contributed by atoms with Crippen LogP contribution < -0.4 is 15.4 Å². The average molecular weight is 315 g/mol. The van der Waals surface area contributed by atoms with Gasteiger partial charge in [-0.1, -0.05) is 12.1 Å². The lowest BCUT2D eigenvalue weighted by atomic mass is 10.2. The Balaban J connectivity index is 1.84. The number of carbonyl (C=O) groups is 1. The number of nitrogens with one attached hydrogen (secondary N) is 2. The summed E-state index contributed by atoms with van der Waals surface area (Å²) in [6.45, 7) is 1.75. The van der Waals surface area contributed by atoms with Gasteiger partial charge in [-0.2, -0.15) is 0 Å². The quantitative estimate of drug-likeness (QED) is 0.730. The first kappa shape index (κ1) is 16.8. The SMILES string of the molecule is COCCNc1ccc(C(=O)NCc2ccc(OC)cc2)nc1. The molecule has 2 rings (SSSR count). The van der Waals surface area contributed by atoms with E-state index >= 15 is 0 Å². The molecule has 0 saturated heterocycles. The molecule has 1 aromatic heterocycles. The average Bonchev–Trinajstić information content (AvgIpc) is 2.61. The maximum absolute atomic E-state index is 12.1. The number of rotatable bonds is 8. The normalized spacial score (nSPS) is 10.2. The van der Waals surface area contributed by atoms with Crippen molar-refractivity contribution in [2.45, 2.75) is 6.54 Å². The molecule has 1 aromatic carbocycles. The van der Waals surface area contributed by atoms with Gasteiger partial charge < -0.3 is 20.1 Å². The van der Waals surface area contributed by atoms with Crippen LogP contribution in [0.4, 0.5) is 5.69 Å². The Bertz CT molecular complexity index is 612. The zero-order chi connectivity index (χ0) is 16.5. The molecule has 0 radical (unpaired) electrons. The largest absolute Gasteiger partial charge is 0.497 e. The van der Waals surface area contributed by atoms with Crippen molar-refractivity contribution >= 4 is 11.6 Å². The lowest BCUT2D eigenvalue weighted by molar-refractivity contribution is 0.0946. The molecule has 0 unspecified atom stereocenters. The van der Waals surface area contributed by atoms with Crippen LogP contribution in [0.1, 0.15) is 16.1 Å². The predicted molar refractivity (Wildman–Crippen MR) is 88.8 cm³/mol. The van der Waals surface area contributed by atoms with E-state index in [-0.39, 0.29) is 5.91 Å². The first-order valence-corrected chi connectivity index (χ1v) is 7.33. The molecule has 6 nitrogen and oxygen atoms in total. The maximum atomic E-state index is 12.1. The van der Waals surface area contributed by atoms with Gasteiger partial charge in [-0.25, -0.2) is 4.98 Å².